The first kappa shape index (κ1) is 22.8. The van der Waals surface area contributed by atoms with Crippen molar-refractivity contribution in [3.05, 3.63) is 105 Å². The van der Waals surface area contributed by atoms with Crippen LogP contribution in [0.2, 0.25) is 5.02 Å². The van der Waals surface area contributed by atoms with Gasteiger partial charge in [0.15, 0.2) is 0 Å². The zero-order valence-corrected chi connectivity index (χ0v) is 19.4. The van der Waals surface area contributed by atoms with Crippen molar-refractivity contribution in [2.24, 2.45) is 0 Å². The van der Waals surface area contributed by atoms with Gasteiger partial charge in [-0.3, -0.25) is 14.2 Å². The van der Waals surface area contributed by atoms with Gasteiger partial charge in [-0.1, -0.05) is 59.6 Å². The number of nitrogens with zero attached hydrogens (tertiary/aromatic N) is 1. The first-order valence-electron chi connectivity index (χ1n) is 10.2. The first-order chi connectivity index (χ1) is 15.8. The van der Waals surface area contributed by atoms with Crippen LogP contribution in [0.25, 0.3) is 10.9 Å². The van der Waals surface area contributed by atoms with Gasteiger partial charge >= 0.3 is 0 Å². The van der Waals surface area contributed by atoms with Gasteiger partial charge in [0.2, 0.25) is 15.7 Å². The minimum atomic E-state index is -4.08. The number of aryl methyl sites for hydroxylation is 1. The molecule has 0 atom stereocenters. The highest BCUT2D eigenvalue weighted by Gasteiger charge is 2.24. The van der Waals surface area contributed by atoms with E-state index in [9.17, 15) is 18.0 Å². The van der Waals surface area contributed by atoms with Crippen LogP contribution in [-0.2, 0) is 27.7 Å². The maximum Gasteiger partial charge on any atom is 0.270 e. The summed E-state index contributed by atoms with van der Waals surface area (Å²) < 4.78 is 27.7. The van der Waals surface area contributed by atoms with Gasteiger partial charge in [-0.05, 0) is 48.9 Å². The summed E-state index contributed by atoms with van der Waals surface area (Å²) in [7, 11) is -4.08. The van der Waals surface area contributed by atoms with Crippen molar-refractivity contribution >= 4 is 38.2 Å². The number of sulfone groups is 1. The molecule has 1 aromatic heterocycles. The molecule has 0 saturated carbocycles. The van der Waals surface area contributed by atoms with Gasteiger partial charge in [-0.2, -0.15) is 0 Å². The summed E-state index contributed by atoms with van der Waals surface area (Å²) in [5.41, 5.74) is 1.37. The maximum absolute atomic E-state index is 13.3. The molecule has 0 spiro atoms. The van der Waals surface area contributed by atoms with Crippen LogP contribution in [0, 0.1) is 6.92 Å². The highest BCUT2D eigenvalue weighted by molar-refractivity contribution is 7.91. The molecule has 8 heteroatoms. The maximum atomic E-state index is 13.3. The zero-order chi connectivity index (χ0) is 23.6. The predicted octanol–water partition coefficient (Wildman–Crippen LogP) is 4.11. The third kappa shape index (κ3) is 4.69. The van der Waals surface area contributed by atoms with Gasteiger partial charge in [0.1, 0.15) is 11.4 Å². The molecule has 1 N–H and O–H groups in total. The van der Waals surface area contributed by atoms with E-state index in [1.807, 2.05) is 19.1 Å². The van der Waals surface area contributed by atoms with Crippen molar-refractivity contribution in [2.45, 2.75) is 29.8 Å². The largest absolute Gasteiger partial charge is 0.350 e. The number of benzene rings is 3. The second-order valence-corrected chi connectivity index (χ2v) is 9.97. The van der Waals surface area contributed by atoms with Gasteiger partial charge in [0, 0.05) is 17.0 Å². The van der Waals surface area contributed by atoms with Crippen LogP contribution < -0.4 is 10.9 Å². The molecule has 0 saturated heterocycles. The second-order valence-electron chi connectivity index (χ2n) is 7.65. The molecule has 1 heterocycles. The number of hydrogen-bond donors (Lipinski definition) is 1. The van der Waals surface area contributed by atoms with Crippen molar-refractivity contribution in [1.82, 2.24) is 9.88 Å². The van der Waals surface area contributed by atoms with Crippen LogP contribution in [0.5, 0.6) is 0 Å². The molecule has 6 nitrogen and oxygen atoms in total. The molecular weight excluding hydrogens is 460 g/mol. The van der Waals surface area contributed by atoms with Crippen molar-refractivity contribution in [3.8, 4) is 0 Å². The van der Waals surface area contributed by atoms with Crippen molar-refractivity contribution in [3.63, 3.8) is 0 Å². The second kappa shape index (κ2) is 9.21. The monoisotopic (exact) mass is 480 g/mol. The van der Waals surface area contributed by atoms with E-state index in [1.165, 1.54) is 22.8 Å². The van der Waals surface area contributed by atoms with E-state index in [2.05, 4.69) is 5.32 Å². The van der Waals surface area contributed by atoms with E-state index >= 15 is 0 Å². The number of fused-ring (bicyclic) bond motifs is 1. The zero-order valence-electron chi connectivity index (χ0n) is 17.8. The lowest BCUT2D eigenvalue weighted by atomic mass is 10.1. The quantitative estimate of drug-likeness (QED) is 0.450. The highest BCUT2D eigenvalue weighted by Crippen LogP contribution is 2.23. The molecular formula is C25H21ClN2O4S. The molecule has 0 fully saturated rings. The van der Waals surface area contributed by atoms with E-state index in [0.29, 0.717) is 15.9 Å². The van der Waals surface area contributed by atoms with E-state index in [4.69, 9.17) is 11.6 Å². The van der Waals surface area contributed by atoms with Crippen LogP contribution >= 0.6 is 11.6 Å². The molecule has 0 radical (unpaired) electrons. The Bertz CT molecular complexity index is 1510. The van der Waals surface area contributed by atoms with Gasteiger partial charge in [0.25, 0.3) is 5.56 Å². The average Bonchev–Trinajstić information content (AvgIpc) is 2.80. The fourth-order valence-corrected chi connectivity index (χ4v) is 5.19. The fraction of sp³-hybridized carbons (Fsp3) is 0.120. The van der Waals surface area contributed by atoms with Crippen LogP contribution in [0.4, 0.5) is 0 Å². The van der Waals surface area contributed by atoms with Crippen molar-refractivity contribution in [2.75, 3.05) is 0 Å². The van der Waals surface area contributed by atoms with E-state index in [0.717, 1.165) is 11.1 Å². The minimum absolute atomic E-state index is 0.0174. The van der Waals surface area contributed by atoms with Gasteiger partial charge in [-0.25, -0.2) is 8.42 Å². The molecule has 33 heavy (non-hydrogen) atoms. The molecule has 1 amide bonds. The number of amides is 1. The summed E-state index contributed by atoms with van der Waals surface area (Å²) in [6.45, 7) is 1.73. The molecule has 0 aliphatic heterocycles. The van der Waals surface area contributed by atoms with Crippen LogP contribution in [0.1, 0.15) is 11.1 Å². The van der Waals surface area contributed by atoms with Crippen molar-refractivity contribution in [1.29, 1.82) is 0 Å². The van der Waals surface area contributed by atoms with Gasteiger partial charge < -0.3 is 5.32 Å². The van der Waals surface area contributed by atoms with E-state index in [-0.39, 0.29) is 22.9 Å². The number of carbonyl (C=O) groups is 1. The lowest BCUT2D eigenvalue weighted by molar-refractivity contribution is -0.121. The molecule has 0 bridgehead atoms. The number of halogens is 1. The Balaban J connectivity index is 1.76. The molecule has 3 aromatic carbocycles. The van der Waals surface area contributed by atoms with Gasteiger partial charge in [-0.15, -0.1) is 0 Å². The number of aromatic nitrogens is 1. The fourth-order valence-electron chi connectivity index (χ4n) is 3.59. The Hall–Kier alpha value is -3.42. The number of pyridine rings is 1. The topological polar surface area (TPSA) is 85.2 Å². The Labute approximate surface area is 196 Å². The summed E-state index contributed by atoms with van der Waals surface area (Å²) in [6, 6.07) is 21.6. The smallest absolute Gasteiger partial charge is 0.270 e. The Morgan fingerprint density at radius 3 is 2.39 bits per heavy atom. The van der Waals surface area contributed by atoms with Crippen LogP contribution in [0.15, 0.2) is 93.4 Å². The normalized spacial score (nSPS) is 11.5. The lowest BCUT2D eigenvalue weighted by Crippen LogP contribution is -2.34. The number of rotatable bonds is 6. The molecule has 0 unspecified atom stereocenters. The molecule has 4 rings (SSSR count). The first-order valence-corrected chi connectivity index (χ1v) is 12.1. The lowest BCUT2D eigenvalue weighted by Gasteiger charge is -2.14. The number of carbonyl (C=O) groups excluding carboxylic acids is 1. The third-order valence-corrected chi connectivity index (χ3v) is 7.43. The minimum Gasteiger partial charge on any atom is -0.350 e. The molecule has 0 aliphatic carbocycles. The SMILES string of the molecule is Cc1ccc2c(c1)cc(S(=O)(=O)c1ccccc1)c(=O)n2CC(=O)NCc1ccccc1Cl. The molecule has 4 aromatic rings. The van der Waals surface area contributed by atoms with Crippen molar-refractivity contribution < 1.29 is 13.2 Å². The molecule has 0 aliphatic rings. The van der Waals surface area contributed by atoms with Gasteiger partial charge in [0.05, 0.1) is 10.4 Å². The summed E-state index contributed by atoms with van der Waals surface area (Å²) in [6.07, 6.45) is 0. The standard InChI is InChI=1S/C25H21ClN2O4S/c1-17-11-12-22-19(13-17)14-23(33(31,32)20-8-3-2-4-9-20)25(30)28(22)16-24(29)27-15-18-7-5-6-10-21(18)26/h2-14H,15-16H2,1H3,(H,27,29). The average molecular weight is 481 g/mol. The Morgan fingerprint density at radius 1 is 0.970 bits per heavy atom. The summed E-state index contributed by atoms with van der Waals surface area (Å²) in [5.74, 6) is -0.437. The van der Waals surface area contributed by atoms with Crippen LogP contribution in [-0.4, -0.2) is 18.9 Å². The van der Waals surface area contributed by atoms with E-state index < -0.39 is 21.3 Å². The van der Waals surface area contributed by atoms with E-state index in [1.54, 1.807) is 48.5 Å². The summed E-state index contributed by atoms with van der Waals surface area (Å²) >= 11 is 6.14. The number of hydrogen-bond acceptors (Lipinski definition) is 4. The predicted molar refractivity (Wildman–Crippen MR) is 128 cm³/mol. The van der Waals surface area contributed by atoms with Crippen LogP contribution in [0.3, 0.4) is 0 Å². The Morgan fingerprint density at radius 2 is 1.67 bits per heavy atom. The summed E-state index contributed by atoms with van der Waals surface area (Å²) in [5, 5.41) is 3.83. The Kier molecular flexibility index (Phi) is 6.35. The molecule has 168 valence electrons. The summed E-state index contributed by atoms with van der Waals surface area (Å²) in [4.78, 5) is 25.7. The number of nitrogens with one attached hydrogen (secondary N) is 1. The third-order valence-electron chi connectivity index (χ3n) is 5.29. The highest BCUT2D eigenvalue weighted by atomic mass is 35.5.